The van der Waals surface area contributed by atoms with Crippen molar-refractivity contribution >= 4 is 48.6 Å². The molecule has 0 unspecified atom stereocenters. The number of anilines is 3. The van der Waals surface area contributed by atoms with E-state index in [4.69, 9.17) is 0 Å². The Kier molecular flexibility index (Phi) is 5.53. The molecule has 2 aliphatic carbocycles. The molecule has 12 rings (SSSR count). The minimum atomic E-state index is -0.783. The van der Waals surface area contributed by atoms with Crippen LogP contribution in [0.15, 0.2) is 212 Å². The van der Waals surface area contributed by atoms with Crippen LogP contribution in [0.25, 0.3) is 64.7 Å². The molecule has 1 spiro atoms. The van der Waals surface area contributed by atoms with Gasteiger partial charge in [-0.15, -0.1) is 11.3 Å². The fourth-order valence-electron chi connectivity index (χ4n) is 9.33. The first-order valence-electron chi connectivity index (χ1n) is 23.0. The Bertz CT molecular complexity index is 3570. The summed E-state index contributed by atoms with van der Waals surface area (Å²) >= 11 is 1.54. The van der Waals surface area contributed by atoms with Gasteiger partial charge in [0.15, 0.2) is 0 Å². The summed E-state index contributed by atoms with van der Waals surface area (Å²) in [5.41, 5.74) is 8.54. The summed E-state index contributed by atoms with van der Waals surface area (Å²) in [6.07, 6.45) is 0. The molecule has 0 atom stereocenters. The topological polar surface area (TPSA) is 3.24 Å². The number of rotatable bonds is 5. The van der Waals surface area contributed by atoms with Gasteiger partial charge in [0.2, 0.25) is 0 Å². The normalized spacial score (nSPS) is 15.0. The monoisotopic (exact) mass is 749 g/mol. The molecule has 0 fully saturated rings. The summed E-state index contributed by atoms with van der Waals surface area (Å²) in [6, 6.07) is 50.8. The van der Waals surface area contributed by atoms with Crippen molar-refractivity contribution in [2.24, 2.45) is 0 Å². The zero-order chi connectivity index (χ0) is 44.5. The van der Waals surface area contributed by atoms with Crippen LogP contribution in [0.5, 0.6) is 0 Å². The van der Waals surface area contributed by atoms with Crippen molar-refractivity contribution < 1.29 is 11.0 Å². The van der Waals surface area contributed by atoms with E-state index < -0.39 is 5.41 Å². The first-order chi connectivity index (χ1) is 31.6. The Morgan fingerprint density at radius 2 is 0.895 bits per heavy atom. The summed E-state index contributed by atoms with van der Waals surface area (Å²) in [6.45, 7) is 0. The maximum absolute atomic E-state index is 9.94. The number of fused-ring (bicyclic) bond motifs is 13. The molecule has 10 aromatic rings. The molecule has 0 N–H and O–H groups in total. The second-order valence-corrected chi connectivity index (χ2v) is 15.6. The number of hydrogen-bond donors (Lipinski definition) is 0. The lowest BCUT2D eigenvalue weighted by Gasteiger charge is -2.32. The van der Waals surface area contributed by atoms with Crippen LogP contribution in [-0.2, 0) is 5.41 Å². The van der Waals surface area contributed by atoms with E-state index in [1.807, 2.05) is 103 Å². The van der Waals surface area contributed by atoms with Crippen molar-refractivity contribution in [1.29, 1.82) is 0 Å². The van der Waals surface area contributed by atoms with Gasteiger partial charge in [-0.1, -0.05) is 176 Å². The molecular weight excluding hydrogens is 707 g/mol. The predicted octanol–water partition coefficient (Wildman–Crippen LogP) is 15.2. The lowest BCUT2D eigenvalue weighted by atomic mass is 9.70. The summed E-state index contributed by atoms with van der Waals surface area (Å²) < 4.78 is 79.8. The van der Waals surface area contributed by atoms with Crippen LogP contribution in [0, 0.1) is 0 Å². The van der Waals surface area contributed by atoms with Crippen LogP contribution < -0.4 is 4.90 Å². The first kappa shape index (κ1) is 25.2. The van der Waals surface area contributed by atoms with E-state index in [0.29, 0.717) is 16.8 Å². The Hall–Kier alpha value is -7.00. The molecule has 0 saturated carbocycles. The molecule has 266 valence electrons. The molecule has 1 nitrogen and oxygen atoms in total. The third-order valence-corrected chi connectivity index (χ3v) is 12.9. The third kappa shape index (κ3) is 4.62. The number of hydrogen-bond acceptors (Lipinski definition) is 2. The van der Waals surface area contributed by atoms with E-state index in [2.05, 4.69) is 36.4 Å². The van der Waals surface area contributed by atoms with Crippen molar-refractivity contribution in [2.75, 3.05) is 4.90 Å². The fraction of sp³-hybridized carbons (Fsp3) is 0.0182. The first-order valence-corrected chi connectivity index (χ1v) is 19.9. The summed E-state index contributed by atoms with van der Waals surface area (Å²) in [4.78, 5) is 1.47. The minimum absolute atomic E-state index is 0.123. The SMILES string of the molecule is [2H]c1c([2H])c(N(c2cccc3c2-c2ccccc2C32c3ccccc3-c3ccccc32)c2c([2H])c([2H])c(-c3cccc4c3sc3ccccc34)c([2H])c2[2H])c([2H])c([2H])c1-c1ccccc1. The summed E-state index contributed by atoms with van der Waals surface area (Å²) in [5, 5.41) is 1.99. The summed E-state index contributed by atoms with van der Waals surface area (Å²) in [5.74, 6) is 0. The van der Waals surface area contributed by atoms with Crippen LogP contribution >= 0.6 is 11.3 Å². The van der Waals surface area contributed by atoms with E-state index in [0.717, 1.165) is 64.7 Å². The fourth-order valence-corrected chi connectivity index (χ4v) is 10.5. The molecule has 0 saturated heterocycles. The number of nitrogens with zero attached hydrogens (tertiary/aromatic N) is 1. The lowest BCUT2D eigenvalue weighted by molar-refractivity contribution is 0.794. The molecule has 57 heavy (non-hydrogen) atoms. The van der Waals surface area contributed by atoms with Gasteiger partial charge in [0.25, 0.3) is 0 Å². The largest absolute Gasteiger partial charge is 0.310 e. The number of benzene rings is 9. The molecule has 1 heterocycles. The Morgan fingerprint density at radius 1 is 0.386 bits per heavy atom. The van der Waals surface area contributed by atoms with Crippen LogP contribution in [0.1, 0.15) is 33.2 Å². The second kappa shape index (κ2) is 12.5. The highest BCUT2D eigenvalue weighted by Crippen LogP contribution is 2.64. The van der Waals surface area contributed by atoms with Crippen LogP contribution in [0.3, 0.4) is 0 Å². The van der Waals surface area contributed by atoms with Crippen molar-refractivity contribution in [3.8, 4) is 44.5 Å². The number of thiophene rings is 1. The van der Waals surface area contributed by atoms with Gasteiger partial charge in [-0.3, -0.25) is 0 Å². The molecule has 1 aromatic heterocycles. The highest BCUT2D eigenvalue weighted by Gasteiger charge is 2.52. The van der Waals surface area contributed by atoms with Crippen molar-refractivity contribution in [2.45, 2.75) is 5.41 Å². The standard InChI is InChI=1S/C55H35NS/c1-2-14-36(15-3-1)37-28-32-39(33-29-37)56(40-34-30-38(31-35-40)41-20-12-21-45-44-18-7-11-27-52(44)57-54(41)45)51-26-13-25-50-53(51)46-19-6-10-24-49(46)55(50)47-22-8-4-16-42(47)43-17-5-9-23-48(43)55/h1-35H/i28D,29D,30D,31D,32D,33D,34D,35D. The van der Waals surface area contributed by atoms with E-state index in [-0.39, 0.29) is 70.8 Å². The molecule has 9 aromatic carbocycles. The van der Waals surface area contributed by atoms with Crippen LogP contribution in [0.2, 0.25) is 0 Å². The van der Waals surface area contributed by atoms with Gasteiger partial charge in [0.1, 0.15) is 0 Å². The molecule has 2 aliphatic rings. The summed E-state index contributed by atoms with van der Waals surface area (Å²) in [7, 11) is 0. The van der Waals surface area contributed by atoms with E-state index >= 15 is 0 Å². The molecular formula is C55H35NS. The Balaban J connectivity index is 1.19. The quantitative estimate of drug-likeness (QED) is 0.169. The van der Waals surface area contributed by atoms with Gasteiger partial charge >= 0.3 is 0 Å². The zero-order valence-corrected chi connectivity index (χ0v) is 31.3. The highest BCUT2D eigenvalue weighted by molar-refractivity contribution is 7.26. The van der Waals surface area contributed by atoms with Gasteiger partial charge in [0, 0.05) is 37.1 Å². The average molecular weight is 750 g/mol. The lowest BCUT2D eigenvalue weighted by Crippen LogP contribution is -2.26. The van der Waals surface area contributed by atoms with E-state index in [1.54, 1.807) is 24.3 Å². The van der Waals surface area contributed by atoms with Gasteiger partial charge in [-0.25, -0.2) is 0 Å². The second-order valence-electron chi connectivity index (χ2n) is 14.5. The Morgan fingerprint density at radius 3 is 1.60 bits per heavy atom. The predicted molar refractivity (Wildman–Crippen MR) is 241 cm³/mol. The molecule has 0 amide bonds. The smallest absolute Gasteiger partial charge is 0.0726 e. The van der Waals surface area contributed by atoms with E-state index in [9.17, 15) is 11.0 Å². The van der Waals surface area contributed by atoms with Crippen LogP contribution in [0.4, 0.5) is 17.1 Å². The molecule has 0 aliphatic heterocycles. The maximum Gasteiger partial charge on any atom is 0.0726 e. The van der Waals surface area contributed by atoms with Gasteiger partial charge in [-0.2, -0.15) is 0 Å². The van der Waals surface area contributed by atoms with Crippen molar-refractivity contribution in [1.82, 2.24) is 0 Å². The highest BCUT2D eigenvalue weighted by atomic mass is 32.1. The van der Waals surface area contributed by atoms with Gasteiger partial charge < -0.3 is 4.90 Å². The van der Waals surface area contributed by atoms with Gasteiger partial charge in [0.05, 0.1) is 22.1 Å². The zero-order valence-electron chi connectivity index (χ0n) is 38.4. The average Bonchev–Trinajstić information content (AvgIpc) is 3.98. The Labute approximate surface area is 347 Å². The van der Waals surface area contributed by atoms with Crippen LogP contribution in [-0.4, -0.2) is 0 Å². The maximum atomic E-state index is 9.94. The molecule has 2 heteroatoms. The molecule has 0 radical (unpaired) electrons. The minimum Gasteiger partial charge on any atom is -0.310 e. The third-order valence-electron chi connectivity index (χ3n) is 11.6. The van der Waals surface area contributed by atoms with Crippen molar-refractivity contribution in [3.05, 3.63) is 234 Å². The van der Waals surface area contributed by atoms with E-state index in [1.165, 1.54) is 16.2 Å². The van der Waals surface area contributed by atoms with Gasteiger partial charge in [-0.05, 0) is 97.5 Å². The molecule has 0 bridgehead atoms. The van der Waals surface area contributed by atoms with Crippen molar-refractivity contribution in [3.63, 3.8) is 0 Å².